The molecule has 1 aliphatic heterocycles. The highest BCUT2D eigenvalue weighted by Crippen LogP contribution is 2.39. The second-order valence-corrected chi connectivity index (χ2v) is 7.09. The Morgan fingerprint density at radius 3 is 2.73 bits per heavy atom. The molecule has 1 saturated carbocycles. The van der Waals surface area contributed by atoms with E-state index >= 15 is 0 Å². The summed E-state index contributed by atoms with van der Waals surface area (Å²) in [6.45, 7) is 3.28. The van der Waals surface area contributed by atoms with Gasteiger partial charge < -0.3 is 19.9 Å². The number of allylic oxidation sites excluding steroid dienone is 1. The first-order chi connectivity index (χ1) is 12.7. The first kappa shape index (κ1) is 18.9. The number of hydrogen-bond donors (Lipinski definition) is 2. The zero-order valence-corrected chi connectivity index (χ0v) is 15.4. The highest BCUT2D eigenvalue weighted by Gasteiger charge is 2.38. The Kier molecular flexibility index (Phi) is 6.69. The van der Waals surface area contributed by atoms with Crippen LogP contribution in [0.15, 0.2) is 42.2 Å². The number of hydrogen-bond acceptors (Lipinski definition) is 4. The van der Waals surface area contributed by atoms with Gasteiger partial charge in [-0.2, -0.15) is 0 Å². The molecule has 5 heteroatoms. The molecular weight excluding hydrogens is 330 g/mol. The van der Waals surface area contributed by atoms with E-state index in [1.165, 1.54) is 12.8 Å². The van der Waals surface area contributed by atoms with Crippen molar-refractivity contribution in [3.05, 3.63) is 47.7 Å². The smallest absolute Gasteiger partial charge is 0.286 e. The Bertz CT molecular complexity index is 612. The molecule has 3 atom stereocenters. The van der Waals surface area contributed by atoms with Gasteiger partial charge in [-0.25, -0.2) is 0 Å². The van der Waals surface area contributed by atoms with Crippen molar-refractivity contribution in [3.63, 3.8) is 0 Å². The number of rotatable bonds is 9. The molecule has 1 aromatic carbocycles. The number of carbonyl (C=O) groups is 1. The zero-order chi connectivity index (χ0) is 18.4. The molecule has 0 unspecified atom stereocenters. The Morgan fingerprint density at radius 1 is 1.31 bits per heavy atom. The summed E-state index contributed by atoms with van der Waals surface area (Å²) in [7, 11) is 0. The first-order valence-corrected chi connectivity index (χ1v) is 9.67. The number of ether oxygens (including phenoxy) is 2. The van der Waals surface area contributed by atoms with E-state index in [0.717, 1.165) is 12.0 Å². The maximum Gasteiger partial charge on any atom is 0.286 e. The summed E-state index contributed by atoms with van der Waals surface area (Å²) >= 11 is 0. The van der Waals surface area contributed by atoms with E-state index in [1.807, 2.05) is 31.2 Å². The van der Waals surface area contributed by atoms with Gasteiger partial charge in [0.1, 0.15) is 0 Å². The van der Waals surface area contributed by atoms with Crippen molar-refractivity contribution in [3.8, 4) is 0 Å². The second-order valence-electron chi connectivity index (χ2n) is 7.09. The van der Waals surface area contributed by atoms with Crippen LogP contribution in [0.5, 0.6) is 0 Å². The Hall–Kier alpha value is -1.85. The molecule has 2 aliphatic rings. The molecule has 1 aliphatic carbocycles. The number of aliphatic hydroxyl groups is 1. The molecule has 0 aromatic heterocycles. The van der Waals surface area contributed by atoms with Gasteiger partial charge in [0.25, 0.3) is 5.91 Å². The highest BCUT2D eigenvalue weighted by atomic mass is 16.7. The molecule has 3 rings (SSSR count). The molecular formula is C21H29NO4. The molecule has 0 saturated heterocycles. The summed E-state index contributed by atoms with van der Waals surface area (Å²) in [6, 6.07) is 10.1. The fraction of sp³-hybridized carbons (Fsp3) is 0.571. The fourth-order valence-corrected chi connectivity index (χ4v) is 3.47. The van der Waals surface area contributed by atoms with Crippen LogP contribution in [0.1, 0.15) is 44.1 Å². The molecule has 5 nitrogen and oxygen atoms in total. The maximum absolute atomic E-state index is 12.6. The first-order valence-electron chi connectivity index (χ1n) is 9.67. The van der Waals surface area contributed by atoms with Gasteiger partial charge in [-0.05, 0) is 50.2 Å². The van der Waals surface area contributed by atoms with Crippen LogP contribution in [-0.4, -0.2) is 37.1 Å². The molecule has 1 fully saturated rings. The lowest BCUT2D eigenvalue weighted by molar-refractivity contribution is -0.166. The Labute approximate surface area is 155 Å². The van der Waals surface area contributed by atoms with Gasteiger partial charge in [0, 0.05) is 31.6 Å². The topological polar surface area (TPSA) is 67.8 Å². The predicted molar refractivity (Wildman–Crippen MR) is 99.3 cm³/mol. The molecule has 2 N–H and O–H groups in total. The number of aliphatic hydroxyl groups excluding tert-OH is 1. The van der Waals surface area contributed by atoms with Gasteiger partial charge in [0.05, 0.1) is 0 Å². The standard InChI is InChI=1S/C21H29NO4/c1-2-25-21-17(9-6-12-23)18(16-7-4-3-5-8-16)13-19(26-21)20(24)22-14-15-10-11-15/h3-5,7-8,13,15,17-18,21,23H,2,6,9-12,14H2,1H3,(H,22,24)/t17-,18-,21-/m0/s1. The van der Waals surface area contributed by atoms with Crippen LogP contribution in [0.2, 0.25) is 0 Å². The fourth-order valence-electron chi connectivity index (χ4n) is 3.47. The molecule has 0 bridgehead atoms. The largest absolute Gasteiger partial charge is 0.459 e. The van der Waals surface area contributed by atoms with Crippen LogP contribution in [0, 0.1) is 11.8 Å². The lowest BCUT2D eigenvalue weighted by Crippen LogP contribution is -2.39. The summed E-state index contributed by atoms with van der Waals surface area (Å²) in [6.07, 6.45) is 5.28. The Balaban J connectivity index is 1.83. The minimum Gasteiger partial charge on any atom is -0.459 e. The van der Waals surface area contributed by atoms with Gasteiger partial charge in [-0.1, -0.05) is 30.3 Å². The van der Waals surface area contributed by atoms with E-state index < -0.39 is 6.29 Å². The summed E-state index contributed by atoms with van der Waals surface area (Å²) in [5.74, 6) is 0.883. The molecule has 1 aromatic rings. The minimum absolute atomic E-state index is 0.0229. The molecule has 0 radical (unpaired) electrons. The van der Waals surface area contributed by atoms with Crippen LogP contribution in [0.4, 0.5) is 0 Å². The maximum atomic E-state index is 12.6. The number of benzene rings is 1. The van der Waals surface area contributed by atoms with E-state index in [9.17, 15) is 9.90 Å². The molecule has 26 heavy (non-hydrogen) atoms. The third-order valence-electron chi connectivity index (χ3n) is 5.07. The predicted octanol–water partition coefficient (Wildman–Crippen LogP) is 2.96. The van der Waals surface area contributed by atoms with E-state index in [2.05, 4.69) is 17.4 Å². The van der Waals surface area contributed by atoms with Gasteiger partial charge in [0.2, 0.25) is 6.29 Å². The van der Waals surface area contributed by atoms with E-state index in [0.29, 0.717) is 31.2 Å². The zero-order valence-electron chi connectivity index (χ0n) is 15.4. The van der Waals surface area contributed by atoms with Gasteiger partial charge in [0.15, 0.2) is 5.76 Å². The van der Waals surface area contributed by atoms with Gasteiger partial charge in [-0.15, -0.1) is 0 Å². The molecule has 0 spiro atoms. The number of amides is 1. The minimum atomic E-state index is -0.483. The van der Waals surface area contributed by atoms with Gasteiger partial charge in [-0.3, -0.25) is 4.79 Å². The van der Waals surface area contributed by atoms with Crippen LogP contribution in [-0.2, 0) is 14.3 Å². The monoisotopic (exact) mass is 359 g/mol. The quantitative estimate of drug-likeness (QED) is 0.711. The normalized spacial score (nSPS) is 25.3. The van der Waals surface area contributed by atoms with Gasteiger partial charge >= 0.3 is 0 Å². The highest BCUT2D eigenvalue weighted by molar-refractivity contribution is 5.91. The van der Waals surface area contributed by atoms with Crippen LogP contribution in [0.3, 0.4) is 0 Å². The summed E-state index contributed by atoms with van der Waals surface area (Å²) in [5.41, 5.74) is 1.14. The average Bonchev–Trinajstić information content (AvgIpc) is 3.50. The number of carbonyl (C=O) groups excluding carboxylic acids is 1. The third-order valence-corrected chi connectivity index (χ3v) is 5.07. The van der Waals surface area contributed by atoms with Crippen molar-refractivity contribution in [1.29, 1.82) is 0 Å². The van der Waals surface area contributed by atoms with Crippen LogP contribution < -0.4 is 5.32 Å². The van der Waals surface area contributed by atoms with Crippen LogP contribution in [0.25, 0.3) is 0 Å². The van der Waals surface area contributed by atoms with Crippen molar-refractivity contribution in [2.24, 2.45) is 11.8 Å². The lowest BCUT2D eigenvalue weighted by Gasteiger charge is -2.37. The van der Waals surface area contributed by atoms with Crippen molar-refractivity contribution < 1.29 is 19.4 Å². The summed E-state index contributed by atoms with van der Waals surface area (Å²) < 4.78 is 11.8. The average molecular weight is 359 g/mol. The van der Waals surface area contributed by atoms with Crippen molar-refractivity contribution in [2.45, 2.75) is 44.8 Å². The SMILES string of the molecule is CCO[C@H]1OC(C(=O)NCC2CC2)=C[C@@H](c2ccccc2)[C@@H]1CCCO. The van der Waals surface area contributed by atoms with E-state index in [4.69, 9.17) is 9.47 Å². The van der Waals surface area contributed by atoms with Crippen LogP contribution >= 0.6 is 0 Å². The van der Waals surface area contributed by atoms with E-state index in [1.54, 1.807) is 0 Å². The second kappa shape index (κ2) is 9.19. The van der Waals surface area contributed by atoms with E-state index in [-0.39, 0.29) is 24.3 Å². The lowest BCUT2D eigenvalue weighted by atomic mass is 9.80. The Morgan fingerprint density at radius 2 is 2.08 bits per heavy atom. The van der Waals surface area contributed by atoms with Crippen molar-refractivity contribution >= 4 is 5.91 Å². The number of nitrogens with one attached hydrogen (secondary N) is 1. The molecule has 1 heterocycles. The van der Waals surface area contributed by atoms with Crippen molar-refractivity contribution in [1.82, 2.24) is 5.32 Å². The summed E-state index contributed by atoms with van der Waals surface area (Å²) in [5, 5.41) is 12.3. The third kappa shape index (κ3) is 4.86. The summed E-state index contributed by atoms with van der Waals surface area (Å²) in [4.78, 5) is 12.6. The molecule has 1 amide bonds. The molecule has 142 valence electrons. The van der Waals surface area contributed by atoms with Crippen molar-refractivity contribution in [2.75, 3.05) is 19.8 Å².